The molecule has 0 spiro atoms. The van der Waals surface area contributed by atoms with Crippen LogP contribution in [0.25, 0.3) is 0 Å². The van der Waals surface area contributed by atoms with Gasteiger partial charge in [-0.3, -0.25) is 9.59 Å². The van der Waals surface area contributed by atoms with Crippen molar-refractivity contribution in [3.63, 3.8) is 0 Å². The zero-order valence-electron chi connectivity index (χ0n) is 16.8. The maximum atomic E-state index is 11.6. The quantitative estimate of drug-likeness (QED) is 0.559. The Kier molecular flexibility index (Phi) is 4.56. The second-order valence-electron chi connectivity index (χ2n) is 9.04. The van der Waals surface area contributed by atoms with Gasteiger partial charge in [-0.2, -0.15) is 0 Å². The lowest BCUT2D eigenvalue weighted by Gasteiger charge is -2.50. The molecule has 2 fully saturated rings. The number of esters is 2. The third kappa shape index (κ3) is 3.07. The molecule has 0 amide bonds. The fourth-order valence-electron chi connectivity index (χ4n) is 6.51. The van der Waals surface area contributed by atoms with Crippen molar-refractivity contribution in [3.05, 3.63) is 28.8 Å². The summed E-state index contributed by atoms with van der Waals surface area (Å²) in [6.07, 6.45) is 6.72. The minimum absolute atomic E-state index is 0.0785. The van der Waals surface area contributed by atoms with Gasteiger partial charge in [0.05, 0.1) is 0 Å². The van der Waals surface area contributed by atoms with Crippen LogP contribution in [0.4, 0.5) is 0 Å². The maximum absolute atomic E-state index is 11.6. The van der Waals surface area contributed by atoms with Gasteiger partial charge in [0, 0.05) is 19.3 Å². The molecule has 0 bridgehead atoms. The molecular weight excluding hydrogens is 340 g/mol. The Hall–Kier alpha value is -1.84. The molecule has 3 aliphatic rings. The number of hydrogen-bond acceptors (Lipinski definition) is 4. The van der Waals surface area contributed by atoms with Crippen LogP contribution in [-0.2, 0) is 20.7 Å². The first kappa shape index (κ1) is 18.5. The van der Waals surface area contributed by atoms with E-state index >= 15 is 0 Å². The molecule has 4 nitrogen and oxygen atoms in total. The average molecular weight is 370 g/mol. The molecule has 1 aromatic carbocycles. The smallest absolute Gasteiger partial charge is 0.308 e. The number of aryl methyl sites for hydroxylation is 2. The molecule has 3 aliphatic carbocycles. The molecule has 5 atom stereocenters. The summed E-state index contributed by atoms with van der Waals surface area (Å²) < 4.78 is 11.1. The van der Waals surface area contributed by atoms with Crippen LogP contribution in [0, 0.1) is 24.2 Å². The molecule has 4 heteroatoms. The minimum Gasteiger partial charge on any atom is -0.462 e. The summed E-state index contributed by atoms with van der Waals surface area (Å²) in [5, 5.41) is 0. The van der Waals surface area contributed by atoms with Gasteiger partial charge < -0.3 is 9.47 Å². The van der Waals surface area contributed by atoms with Gasteiger partial charge in [-0.1, -0.05) is 6.92 Å². The Balaban J connectivity index is 1.63. The summed E-state index contributed by atoms with van der Waals surface area (Å²) in [7, 11) is 0. The Bertz CT molecular complexity index is 783. The molecule has 27 heavy (non-hydrogen) atoms. The van der Waals surface area contributed by atoms with Gasteiger partial charge in [0.2, 0.25) is 0 Å². The topological polar surface area (TPSA) is 52.6 Å². The number of benzene rings is 1. The summed E-state index contributed by atoms with van der Waals surface area (Å²) in [5.74, 6) is 2.13. The standard InChI is InChI=1S/C23H30O4/c1-13-11-17(26-14(2)24)12-16-5-6-18-19(22(13)16)9-10-23(4)20(18)7-8-21(23)27-15(3)25/h11-12,18-21H,5-10H2,1-4H3. The van der Waals surface area contributed by atoms with E-state index in [0.717, 1.165) is 32.1 Å². The van der Waals surface area contributed by atoms with Crippen molar-refractivity contribution in [3.8, 4) is 5.75 Å². The second kappa shape index (κ2) is 6.65. The van der Waals surface area contributed by atoms with Gasteiger partial charge in [0.25, 0.3) is 0 Å². The number of rotatable bonds is 2. The molecular formula is C23H30O4. The van der Waals surface area contributed by atoms with E-state index < -0.39 is 0 Å². The number of ether oxygens (including phenoxy) is 2. The number of hydrogen-bond donors (Lipinski definition) is 0. The van der Waals surface area contributed by atoms with E-state index in [2.05, 4.69) is 19.9 Å². The summed E-state index contributed by atoms with van der Waals surface area (Å²) in [6, 6.07) is 4.09. The number of carbonyl (C=O) groups is 2. The Morgan fingerprint density at radius 2 is 1.85 bits per heavy atom. The van der Waals surface area contributed by atoms with Crippen LogP contribution in [-0.4, -0.2) is 18.0 Å². The predicted molar refractivity (Wildman–Crippen MR) is 103 cm³/mol. The molecule has 4 rings (SSSR count). The first-order chi connectivity index (χ1) is 12.8. The monoisotopic (exact) mass is 370 g/mol. The highest BCUT2D eigenvalue weighted by Gasteiger charge is 2.56. The largest absolute Gasteiger partial charge is 0.462 e. The van der Waals surface area contributed by atoms with Crippen molar-refractivity contribution in [1.82, 2.24) is 0 Å². The minimum atomic E-state index is -0.265. The van der Waals surface area contributed by atoms with E-state index in [1.54, 1.807) is 0 Å². The first-order valence-electron chi connectivity index (χ1n) is 10.3. The number of carbonyl (C=O) groups excluding carboxylic acids is 2. The Morgan fingerprint density at radius 1 is 1.07 bits per heavy atom. The van der Waals surface area contributed by atoms with E-state index in [0.29, 0.717) is 23.5 Å². The molecule has 0 radical (unpaired) electrons. The normalized spacial score (nSPS) is 34.2. The first-order valence-corrected chi connectivity index (χ1v) is 10.3. The summed E-state index contributed by atoms with van der Waals surface area (Å²) >= 11 is 0. The second-order valence-corrected chi connectivity index (χ2v) is 9.04. The summed E-state index contributed by atoms with van der Waals surface area (Å²) in [6.45, 7) is 7.48. The van der Waals surface area contributed by atoms with E-state index in [4.69, 9.17) is 9.47 Å². The van der Waals surface area contributed by atoms with Crippen LogP contribution in [0.3, 0.4) is 0 Å². The van der Waals surface area contributed by atoms with Crippen LogP contribution in [0.1, 0.15) is 75.5 Å². The van der Waals surface area contributed by atoms with E-state index in [-0.39, 0.29) is 23.5 Å². The molecule has 2 saturated carbocycles. The maximum Gasteiger partial charge on any atom is 0.308 e. The lowest BCUT2D eigenvalue weighted by Crippen LogP contribution is -2.45. The highest BCUT2D eigenvalue weighted by molar-refractivity contribution is 5.69. The fraction of sp³-hybridized carbons (Fsp3) is 0.652. The third-order valence-corrected chi connectivity index (χ3v) is 7.48. The van der Waals surface area contributed by atoms with E-state index in [1.807, 2.05) is 6.07 Å². The predicted octanol–water partition coefficient (Wildman–Crippen LogP) is 4.71. The van der Waals surface area contributed by atoms with Crippen LogP contribution in [0.5, 0.6) is 5.75 Å². The highest BCUT2D eigenvalue weighted by Crippen LogP contribution is 2.62. The summed E-state index contributed by atoms with van der Waals surface area (Å²) in [5.41, 5.74) is 4.21. The molecule has 0 aromatic heterocycles. The van der Waals surface area contributed by atoms with Crippen LogP contribution < -0.4 is 4.74 Å². The van der Waals surface area contributed by atoms with Crippen molar-refractivity contribution in [2.45, 2.75) is 78.2 Å². The van der Waals surface area contributed by atoms with Crippen LogP contribution in [0.15, 0.2) is 12.1 Å². The lowest BCUT2D eigenvalue weighted by molar-refractivity contribution is -0.154. The van der Waals surface area contributed by atoms with Crippen LogP contribution >= 0.6 is 0 Å². The SMILES string of the molecule is CC(=O)Oc1cc(C)c2c(c1)CCC1C2CCC2(C)C(OC(C)=O)CCC12. The molecule has 146 valence electrons. The van der Waals surface area contributed by atoms with Gasteiger partial charge >= 0.3 is 11.9 Å². The highest BCUT2D eigenvalue weighted by atomic mass is 16.5. The molecule has 0 saturated heterocycles. The van der Waals surface area contributed by atoms with Gasteiger partial charge in [0.15, 0.2) is 0 Å². The lowest BCUT2D eigenvalue weighted by atomic mass is 9.55. The van der Waals surface area contributed by atoms with Crippen molar-refractivity contribution >= 4 is 11.9 Å². The molecule has 5 unspecified atom stereocenters. The van der Waals surface area contributed by atoms with E-state index in [1.165, 1.54) is 37.0 Å². The molecule has 0 heterocycles. The van der Waals surface area contributed by atoms with Gasteiger partial charge in [-0.15, -0.1) is 0 Å². The van der Waals surface area contributed by atoms with E-state index in [9.17, 15) is 9.59 Å². The van der Waals surface area contributed by atoms with Gasteiger partial charge in [-0.25, -0.2) is 0 Å². The molecule has 1 aromatic rings. The third-order valence-electron chi connectivity index (χ3n) is 7.48. The average Bonchev–Trinajstić information content (AvgIpc) is 2.90. The van der Waals surface area contributed by atoms with Gasteiger partial charge in [-0.05, 0) is 92.0 Å². The molecule has 0 N–H and O–H groups in total. The molecule has 0 aliphatic heterocycles. The zero-order chi connectivity index (χ0) is 19.3. The van der Waals surface area contributed by atoms with Crippen molar-refractivity contribution in [2.75, 3.05) is 0 Å². The summed E-state index contributed by atoms with van der Waals surface area (Å²) in [4.78, 5) is 22.9. The van der Waals surface area contributed by atoms with Gasteiger partial charge in [0.1, 0.15) is 11.9 Å². The van der Waals surface area contributed by atoms with Crippen LogP contribution in [0.2, 0.25) is 0 Å². The number of fused-ring (bicyclic) bond motifs is 5. The zero-order valence-corrected chi connectivity index (χ0v) is 16.8. The van der Waals surface area contributed by atoms with Crippen molar-refractivity contribution in [1.29, 1.82) is 0 Å². The Morgan fingerprint density at radius 3 is 2.56 bits per heavy atom. The fourth-order valence-corrected chi connectivity index (χ4v) is 6.51. The Labute approximate surface area is 161 Å². The van der Waals surface area contributed by atoms with Crippen molar-refractivity contribution < 1.29 is 19.1 Å². The van der Waals surface area contributed by atoms with Crippen molar-refractivity contribution in [2.24, 2.45) is 17.3 Å².